The van der Waals surface area contributed by atoms with Crippen molar-refractivity contribution in [3.63, 3.8) is 0 Å². The molecule has 5 aliphatic rings. The summed E-state index contributed by atoms with van der Waals surface area (Å²) in [5.74, 6) is 1.88. The van der Waals surface area contributed by atoms with Crippen LogP contribution in [0.25, 0.3) is 0 Å². The van der Waals surface area contributed by atoms with Gasteiger partial charge in [0.15, 0.2) is 10.8 Å². The highest BCUT2D eigenvalue weighted by Crippen LogP contribution is 2.42. The molecular formula is C104H132F3N9O10S3. The summed E-state index contributed by atoms with van der Waals surface area (Å²) in [6.07, 6.45) is 26.9. The van der Waals surface area contributed by atoms with Crippen LogP contribution in [0.4, 0.5) is 39.7 Å². The van der Waals surface area contributed by atoms with Crippen molar-refractivity contribution in [2.75, 3.05) is 62.1 Å². The maximum atomic E-state index is 13.4. The maximum absolute atomic E-state index is 13.4. The number of ether oxygens (including phenoxy) is 5. The van der Waals surface area contributed by atoms with Gasteiger partial charge in [0.05, 0.1) is 91.0 Å². The molecule has 4 aromatic heterocycles. The zero-order valence-electron chi connectivity index (χ0n) is 79.0. The highest BCUT2D eigenvalue weighted by molar-refractivity contribution is 7.16. The lowest BCUT2D eigenvalue weighted by atomic mass is 9.87. The molecule has 15 rings (SSSR count). The molecule has 0 aliphatic heterocycles. The Bertz CT molecular complexity index is 5260. The van der Waals surface area contributed by atoms with Crippen LogP contribution in [0, 0.1) is 6.92 Å². The van der Waals surface area contributed by atoms with E-state index in [0.717, 1.165) is 120 Å². The fraction of sp³-hybridized carbons (Fsp3) is 0.481. The molecule has 0 fully saturated rings. The molecule has 0 radical (unpaired) electrons. The predicted molar refractivity (Wildman–Crippen MR) is 518 cm³/mol. The summed E-state index contributed by atoms with van der Waals surface area (Å²) in [6.45, 7) is 29.3. The van der Waals surface area contributed by atoms with Crippen molar-refractivity contribution in [1.82, 2.24) is 19.7 Å². The fourth-order valence-corrected chi connectivity index (χ4v) is 19.5. The first kappa shape index (κ1) is 99.2. The first-order valence-electron chi connectivity index (χ1n) is 45.6. The number of alkyl halides is 3. The van der Waals surface area contributed by atoms with E-state index in [1.54, 1.807) is 59.0 Å². The van der Waals surface area contributed by atoms with Crippen molar-refractivity contribution in [3.8, 4) is 28.7 Å². The third-order valence-corrected chi connectivity index (χ3v) is 28.3. The number of benzene rings is 6. The molecule has 0 saturated carbocycles. The number of aromatic nitrogens is 4. The van der Waals surface area contributed by atoms with Crippen molar-refractivity contribution < 1.29 is 60.8 Å². The van der Waals surface area contributed by atoms with Gasteiger partial charge in [0.1, 0.15) is 33.7 Å². The van der Waals surface area contributed by atoms with Gasteiger partial charge in [0, 0.05) is 33.6 Å². The molecule has 0 atom stereocenters. The van der Waals surface area contributed by atoms with E-state index < -0.39 is 17.8 Å². The Kier molecular flexibility index (Phi) is 33.9. The van der Waals surface area contributed by atoms with E-state index in [1.807, 2.05) is 66.9 Å². The Morgan fingerprint density at radius 3 is 1.00 bits per heavy atom. The van der Waals surface area contributed by atoms with Gasteiger partial charge in [-0.15, -0.1) is 34.0 Å². The van der Waals surface area contributed by atoms with Crippen molar-refractivity contribution >= 4 is 90.1 Å². The van der Waals surface area contributed by atoms with Crippen molar-refractivity contribution in [2.45, 2.75) is 292 Å². The van der Waals surface area contributed by atoms with Gasteiger partial charge in [-0.3, -0.25) is 34.0 Å². The molecule has 25 heteroatoms. The number of nitrogens with zero attached hydrogens (tertiary/aromatic N) is 4. The number of fused-ring (bicyclic) bond motifs is 5. The first-order valence-corrected chi connectivity index (χ1v) is 48.1. The van der Waals surface area contributed by atoms with Crippen LogP contribution in [0.2, 0.25) is 0 Å². The number of carbonyl (C=O) groups is 5. The van der Waals surface area contributed by atoms with E-state index in [9.17, 15) is 37.1 Å². The summed E-state index contributed by atoms with van der Waals surface area (Å²) in [6, 6.07) is 32.0. The second-order valence-electron chi connectivity index (χ2n) is 38.1. The third-order valence-electron chi connectivity index (χ3n) is 24.2. The minimum absolute atomic E-state index is 0.0184. The monoisotopic (exact) mass is 1820 g/mol. The SMILES string of the molecule is CCn1nc(C(F)(F)F)c(NC(=O)c2cc3c(cc2OC)CCCCC3)c1C.COc1cc2c(cc1C(=O)Nc1ccc(C(C)(C)C)cc1)CCCCC2.COc1cc2c(cc1C(=O)Nc1ccc(C(C)(C)C)s1)CCCCC2.COc1cc2c(cc1C(=O)Nc1cnc(C(C)(C)C)s1)CCCCC2.COc1cc2c(cc1C(=O)Nc1ncc(C(C)(C)C)s1)CCCCC2. The molecule has 4 heterocycles. The Hall–Kier alpha value is -10.4. The molecule has 5 amide bonds. The highest BCUT2D eigenvalue weighted by Gasteiger charge is 2.40. The molecule has 129 heavy (non-hydrogen) atoms. The average Bonchev–Trinajstić information content (AvgIpc) is 1.65. The molecule has 0 unspecified atom stereocenters. The lowest BCUT2D eigenvalue weighted by molar-refractivity contribution is -0.140. The largest absolute Gasteiger partial charge is 0.496 e. The molecular weight excluding hydrogens is 1690 g/mol. The fourth-order valence-electron chi connectivity index (χ4n) is 16.8. The molecule has 0 bridgehead atoms. The van der Waals surface area contributed by atoms with Crippen LogP contribution in [-0.2, 0) is 98.6 Å². The Morgan fingerprint density at radius 2 is 0.698 bits per heavy atom. The van der Waals surface area contributed by atoms with Gasteiger partial charge in [-0.2, -0.15) is 18.3 Å². The number of hydrogen-bond donors (Lipinski definition) is 5. The zero-order chi connectivity index (χ0) is 93.3. The number of aryl methyl sites for hydroxylation is 11. The van der Waals surface area contributed by atoms with Crippen LogP contribution in [0.15, 0.2) is 109 Å². The average molecular weight is 1820 g/mol. The Labute approximate surface area is 773 Å². The first-order chi connectivity index (χ1) is 61.3. The van der Waals surface area contributed by atoms with Crippen LogP contribution in [0.5, 0.6) is 28.7 Å². The van der Waals surface area contributed by atoms with Crippen LogP contribution in [0.3, 0.4) is 0 Å². The number of thiazole rings is 2. The molecule has 19 nitrogen and oxygen atoms in total. The maximum Gasteiger partial charge on any atom is 0.437 e. The molecule has 6 aromatic carbocycles. The number of nitrogens with one attached hydrogen (secondary N) is 5. The Balaban J connectivity index is 0.000000156. The topological polar surface area (TPSA) is 235 Å². The second kappa shape index (κ2) is 44.0. The third kappa shape index (κ3) is 26.3. The lowest BCUT2D eigenvalue weighted by Gasteiger charge is -2.19. The molecule has 692 valence electrons. The summed E-state index contributed by atoms with van der Waals surface area (Å²) >= 11 is 4.68. The Morgan fingerprint density at radius 1 is 0.364 bits per heavy atom. The number of halogens is 3. The molecule has 10 aromatic rings. The van der Waals surface area contributed by atoms with E-state index >= 15 is 0 Å². The van der Waals surface area contributed by atoms with Crippen LogP contribution in [0.1, 0.15) is 325 Å². The van der Waals surface area contributed by atoms with E-state index in [0.29, 0.717) is 56.1 Å². The van der Waals surface area contributed by atoms with Gasteiger partial charge < -0.3 is 45.0 Å². The molecule has 5 aliphatic carbocycles. The number of rotatable bonds is 16. The van der Waals surface area contributed by atoms with Gasteiger partial charge in [0.2, 0.25) is 0 Å². The summed E-state index contributed by atoms with van der Waals surface area (Å²) in [5, 5.41) is 21.3. The molecule has 0 saturated heterocycles. The molecule has 5 N–H and O–H groups in total. The van der Waals surface area contributed by atoms with Crippen molar-refractivity contribution in [3.05, 3.63) is 225 Å². The normalized spacial score (nSPS) is 14.5. The van der Waals surface area contributed by atoms with E-state index in [1.165, 1.54) is 173 Å². The molecule has 0 spiro atoms. The van der Waals surface area contributed by atoms with Gasteiger partial charge in [-0.05, 0) is 305 Å². The number of methoxy groups -OCH3 is 5. The van der Waals surface area contributed by atoms with Crippen molar-refractivity contribution in [1.29, 1.82) is 0 Å². The number of amides is 5. The quantitative estimate of drug-likeness (QED) is 0.0567. The van der Waals surface area contributed by atoms with E-state index in [4.69, 9.17) is 23.7 Å². The van der Waals surface area contributed by atoms with Gasteiger partial charge in [-0.1, -0.05) is 127 Å². The van der Waals surface area contributed by atoms with E-state index in [-0.39, 0.29) is 68.8 Å². The minimum Gasteiger partial charge on any atom is -0.496 e. The number of carbonyl (C=O) groups excluding carboxylic acids is 5. The van der Waals surface area contributed by atoms with Gasteiger partial charge in [0.25, 0.3) is 29.5 Å². The standard InChI is InChI=1S/C23H29NO2.C21H27NO2S.C20H24F3N3O2.2C20H26N2O2S/c1-23(2,3)18-10-12-19(13-11-18)24-22(25)20-14-16-8-6-5-7-9-17(16)15-21(20)26-4;1-21(2,3)18-10-11-19(25-18)22-20(23)16-12-14-8-6-5-7-9-15(14)13-17(16)24-4;1-4-26-12(2)17(18(25-26)20(21,22)23)24-19(27)15-10-13-8-6-5-7-9-14(13)11-16(15)28-3;1-20(2,3)19-21-12-17(25-19)22-18(23)15-10-13-8-6-5-7-9-14(13)11-16(15)24-4;1-20(2,3)17-12-21-19(25-17)22-18(23)15-10-13-8-6-5-7-9-14(13)11-16(15)24-4/h10-15H,5-9H2,1-4H3,(H,24,25);10-13H,5-9H2,1-4H3,(H,22,23);10-11H,4-9H2,1-3H3,(H,24,27);10-12H,5-9H2,1-4H3,(H,22,23);10-12H,5-9H2,1-4H3,(H,21,22,23). The lowest BCUT2D eigenvalue weighted by Crippen LogP contribution is -2.18. The summed E-state index contributed by atoms with van der Waals surface area (Å²) in [4.78, 5) is 75.4. The number of thiophene rings is 1. The second-order valence-corrected chi connectivity index (χ2v) is 41.2. The predicted octanol–water partition coefficient (Wildman–Crippen LogP) is 25.8. The summed E-state index contributed by atoms with van der Waals surface area (Å²) < 4.78 is 68.8. The summed E-state index contributed by atoms with van der Waals surface area (Å²) in [7, 11) is 7.97. The minimum atomic E-state index is -4.66. The van der Waals surface area contributed by atoms with Gasteiger partial charge >= 0.3 is 6.18 Å². The van der Waals surface area contributed by atoms with Crippen LogP contribution < -0.4 is 50.3 Å². The zero-order valence-corrected chi connectivity index (χ0v) is 81.5. The number of anilines is 5. The summed E-state index contributed by atoms with van der Waals surface area (Å²) in [5.41, 5.74) is 16.4. The van der Waals surface area contributed by atoms with Gasteiger partial charge in [-0.25, -0.2) is 9.97 Å². The highest BCUT2D eigenvalue weighted by atomic mass is 32.1. The van der Waals surface area contributed by atoms with Crippen LogP contribution >= 0.6 is 34.0 Å². The van der Waals surface area contributed by atoms with Crippen molar-refractivity contribution in [2.24, 2.45) is 0 Å². The smallest absolute Gasteiger partial charge is 0.437 e. The van der Waals surface area contributed by atoms with Crippen LogP contribution in [-0.4, -0.2) is 84.8 Å². The number of hydrogen-bond acceptors (Lipinski definition) is 16. The van der Waals surface area contributed by atoms with E-state index in [2.05, 4.69) is 155 Å².